The number of benzene rings is 1. The molecule has 2 bridgehead atoms. The van der Waals surface area contributed by atoms with Gasteiger partial charge in [-0.25, -0.2) is 0 Å². The zero-order valence-corrected chi connectivity index (χ0v) is 13.0. The quantitative estimate of drug-likeness (QED) is 0.450. The third-order valence-electron chi connectivity index (χ3n) is 4.82. The smallest absolute Gasteiger partial charge is 0.234 e. The lowest BCUT2D eigenvalue weighted by Gasteiger charge is -2.17. The third-order valence-corrected chi connectivity index (χ3v) is 5.53. The van der Waals surface area contributed by atoms with E-state index >= 15 is 0 Å². The summed E-state index contributed by atoms with van der Waals surface area (Å²) in [5.41, 5.74) is 1.02. The van der Waals surface area contributed by atoms with Gasteiger partial charge in [-0.2, -0.15) is 0 Å². The molecule has 1 saturated carbocycles. The molecule has 3 nitrogen and oxygen atoms in total. The Bertz CT molecular complexity index is 592. The molecule has 0 N–H and O–H groups in total. The van der Waals surface area contributed by atoms with Crippen LogP contribution in [0.4, 0.5) is 0 Å². The lowest BCUT2D eigenvalue weighted by molar-refractivity contribution is -0.141. The Morgan fingerprint density at radius 3 is 2.10 bits per heavy atom. The van der Waals surface area contributed by atoms with Gasteiger partial charge in [-0.1, -0.05) is 24.3 Å². The van der Waals surface area contributed by atoms with Crippen molar-refractivity contribution >= 4 is 34.4 Å². The van der Waals surface area contributed by atoms with Crippen LogP contribution in [0.2, 0.25) is 0 Å². The summed E-state index contributed by atoms with van der Waals surface area (Å²) in [6.45, 7) is 0.418. The van der Waals surface area contributed by atoms with Crippen LogP contribution in [0.15, 0.2) is 36.4 Å². The van der Waals surface area contributed by atoms with E-state index in [1.165, 1.54) is 4.90 Å². The Kier molecular flexibility index (Phi) is 2.77. The van der Waals surface area contributed by atoms with E-state index in [9.17, 15) is 9.59 Å². The van der Waals surface area contributed by atoms with Crippen molar-refractivity contribution in [2.24, 2.45) is 23.7 Å². The molecule has 3 aliphatic rings. The molecule has 1 heterocycles. The predicted octanol–water partition coefficient (Wildman–Crippen LogP) is 2.60. The van der Waals surface area contributed by atoms with Crippen LogP contribution in [-0.4, -0.2) is 16.7 Å². The summed E-state index contributed by atoms with van der Waals surface area (Å²) in [7, 11) is 0. The van der Waals surface area contributed by atoms with Crippen molar-refractivity contribution in [1.29, 1.82) is 0 Å². The molecule has 2 aliphatic carbocycles. The number of likely N-dealkylation sites (tertiary alicyclic amines) is 1. The van der Waals surface area contributed by atoms with Crippen molar-refractivity contribution in [2.75, 3.05) is 0 Å². The average molecular weight is 379 g/mol. The van der Waals surface area contributed by atoms with E-state index in [0.29, 0.717) is 18.4 Å². The molecule has 0 spiro atoms. The number of imide groups is 1. The minimum absolute atomic E-state index is 0.0374. The van der Waals surface area contributed by atoms with Crippen molar-refractivity contribution in [3.8, 4) is 0 Å². The van der Waals surface area contributed by atoms with E-state index in [2.05, 4.69) is 34.7 Å². The molecule has 2 amide bonds. The summed E-state index contributed by atoms with van der Waals surface area (Å²) < 4.78 is 1.16. The fourth-order valence-electron chi connectivity index (χ4n) is 3.89. The molecule has 1 aliphatic heterocycles. The molecular weight excluding hydrogens is 365 g/mol. The maximum atomic E-state index is 12.5. The van der Waals surface area contributed by atoms with E-state index in [4.69, 9.17) is 0 Å². The molecule has 4 heteroatoms. The Morgan fingerprint density at radius 2 is 1.55 bits per heavy atom. The first kappa shape index (κ1) is 12.6. The van der Waals surface area contributed by atoms with E-state index in [-0.39, 0.29) is 23.7 Å². The molecule has 4 atom stereocenters. The van der Waals surface area contributed by atoms with Crippen LogP contribution in [0.3, 0.4) is 0 Å². The van der Waals surface area contributed by atoms with Gasteiger partial charge in [0.25, 0.3) is 0 Å². The predicted molar refractivity (Wildman–Crippen MR) is 82.4 cm³/mol. The van der Waals surface area contributed by atoms with Gasteiger partial charge in [0.1, 0.15) is 0 Å². The van der Waals surface area contributed by atoms with Crippen LogP contribution in [-0.2, 0) is 16.1 Å². The number of fused-ring (bicyclic) bond motifs is 5. The van der Waals surface area contributed by atoms with Gasteiger partial charge in [0.15, 0.2) is 0 Å². The van der Waals surface area contributed by atoms with E-state index in [1.807, 2.05) is 24.3 Å². The maximum absolute atomic E-state index is 12.5. The van der Waals surface area contributed by atoms with E-state index in [1.54, 1.807) is 0 Å². The summed E-state index contributed by atoms with van der Waals surface area (Å²) in [6.07, 6.45) is 5.25. The van der Waals surface area contributed by atoms with Gasteiger partial charge in [-0.15, -0.1) is 0 Å². The number of hydrogen-bond donors (Lipinski definition) is 0. The van der Waals surface area contributed by atoms with Gasteiger partial charge in [0, 0.05) is 3.57 Å². The average Bonchev–Trinajstić information content (AvgIpc) is 3.11. The lowest BCUT2D eigenvalue weighted by atomic mass is 9.85. The summed E-state index contributed by atoms with van der Waals surface area (Å²) in [6, 6.07) is 7.99. The Morgan fingerprint density at radius 1 is 1.00 bits per heavy atom. The second-order valence-corrected chi connectivity index (χ2v) is 7.13. The van der Waals surface area contributed by atoms with Crippen molar-refractivity contribution in [1.82, 2.24) is 4.90 Å². The summed E-state index contributed by atoms with van der Waals surface area (Å²) in [5, 5.41) is 0. The van der Waals surface area contributed by atoms with Crippen LogP contribution in [0.5, 0.6) is 0 Å². The van der Waals surface area contributed by atoms with Crippen LogP contribution >= 0.6 is 22.6 Å². The second-order valence-electron chi connectivity index (χ2n) is 5.89. The normalized spacial score (nSPS) is 34.1. The fourth-order valence-corrected chi connectivity index (χ4v) is 4.25. The Hall–Kier alpha value is -1.17. The monoisotopic (exact) mass is 379 g/mol. The first-order chi connectivity index (χ1) is 9.65. The Balaban J connectivity index is 1.60. The van der Waals surface area contributed by atoms with Crippen molar-refractivity contribution in [3.63, 3.8) is 0 Å². The highest BCUT2D eigenvalue weighted by molar-refractivity contribution is 14.1. The van der Waals surface area contributed by atoms with Crippen LogP contribution in [0.25, 0.3) is 0 Å². The van der Waals surface area contributed by atoms with Gasteiger partial charge < -0.3 is 0 Å². The molecule has 20 heavy (non-hydrogen) atoms. The number of hydrogen-bond acceptors (Lipinski definition) is 2. The minimum Gasteiger partial charge on any atom is -0.278 e. The molecule has 4 rings (SSSR count). The number of nitrogens with zero attached hydrogens (tertiary/aromatic N) is 1. The fraction of sp³-hybridized carbons (Fsp3) is 0.375. The number of rotatable bonds is 2. The van der Waals surface area contributed by atoms with Gasteiger partial charge in [0.2, 0.25) is 11.8 Å². The zero-order valence-electron chi connectivity index (χ0n) is 10.8. The van der Waals surface area contributed by atoms with Crippen LogP contribution in [0, 0.1) is 27.2 Å². The second kappa shape index (κ2) is 4.41. The molecule has 0 unspecified atom stereocenters. The molecule has 0 radical (unpaired) electrons. The Labute approximate surface area is 131 Å². The molecule has 0 aromatic heterocycles. The lowest BCUT2D eigenvalue weighted by Crippen LogP contribution is -2.32. The minimum atomic E-state index is -0.0821. The molecular formula is C16H14INO2. The van der Waals surface area contributed by atoms with Gasteiger partial charge >= 0.3 is 0 Å². The summed E-state index contributed by atoms with van der Waals surface area (Å²) in [5.74, 6) is 0.500. The molecule has 1 saturated heterocycles. The first-order valence-electron chi connectivity index (χ1n) is 6.93. The molecule has 102 valence electrons. The number of carbonyl (C=O) groups is 2. The SMILES string of the molecule is O=C1[C@@H]2[C@@H](C(=O)N1Cc1ccc(I)cc1)[C@H]1C=C[C@H]2C1. The van der Waals surface area contributed by atoms with Crippen LogP contribution < -0.4 is 0 Å². The zero-order chi connectivity index (χ0) is 13.9. The summed E-state index contributed by atoms with van der Waals surface area (Å²) in [4.78, 5) is 26.5. The highest BCUT2D eigenvalue weighted by atomic mass is 127. The van der Waals surface area contributed by atoms with E-state index < -0.39 is 0 Å². The number of carbonyl (C=O) groups excluding carboxylic acids is 2. The highest BCUT2D eigenvalue weighted by Crippen LogP contribution is 2.52. The molecule has 2 fully saturated rings. The molecule has 1 aromatic carbocycles. The third kappa shape index (κ3) is 1.70. The number of allylic oxidation sites excluding steroid dienone is 2. The van der Waals surface area contributed by atoms with Crippen molar-refractivity contribution in [3.05, 3.63) is 45.6 Å². The molecule has 1 aromatic rings. The largest absolute Gasteiger partial charge is 0.278 e. The number of amides is 2. The maximum Gasteiger partial charge on any atom is 0.234 e. The van der Waals surface area contributed by atoms with Gasteiger partial charge in [0.05, 0.1) is 18.4 Å². The summed E-state index contributed by atoms with van der Waals surface area (Å²) >= 11 is 2.25. The standard InChI is InChI=1S/C16H14INO2/c17-12-5-1-9(2-6-12)8-18-15(19)13-10-3-4-11(7-10)14(13)16(18)20/h1-6,10-11,13-14H,7-8H2/t10-,11-,13-,14-/m0/s1. The van der Waals surface area contributed by atoms with Gasteiger partial charge in [-0.05, 0) is 58.5 Å². The van der Waals surface area contributed by atoms with Crippen LogP contribution in [0.1, 0.15) is 12.0 Å². The topological polar surface area (TPSA) is 37.4 Å². The number of halogens is 1. The highest BCUT2D eigenvalue weighted by Gasteiger charge is 2.59. The first-order valence-corrected chi connectivity index (χ1v) is 8.01. The van der Waals surface area contributed by atoms with Gasteiger partial charge in [-0.3, -0.25) is 14.5 Å². The van der Waals surface area contributed by atoms with Crippen molar-refractivity contribution < 1.29 is 9.59 Å². The van der Waals surface area contributed by atoms with Crippen molar-refractivity contribution in [2.45, 2.75) is 13.0 Å². The van der Waals surface area contributed by atoms with E-state index in [0.717, 1.165) is 15.6 Å².